The van der Waals surface area contributed by atoms with Gasteiger partial charge in [-0.15, -0.1) is 0 Å². The van der Waals surface area contributed by atoms with Crippen LogP contribution in [0, 0.1) is 27.7 Å². The van der Waals surface area contributed by atoms with Gasteiger partial charge in [0, 0.05) is 16.3 Å². The molecule has 1 amide bonds. The van der Waals surface area contributed by atoms with Gasteiger partial charge in [-0.2, -0.15) is 0 Å². The molecule has 4 aromatic rings. The molecule has 3 N–H and O–H groups in total. The van der Waals surface area contributed by atoms with Crippen molar-refractivity contribution in [3.8, 4) is 0 Å². The van der Waals surface area contributed by atoms with E-state index in [1.165, 1.54) is 42.5 Å². The highest BCUT2D eigenvalue weighted by atomic mass is 35.5. The number of nitrogens with one attached hydrogen (secondary N) is 3. The van der Waals surface area contributed by atoms with Crippen molar-refractivity contribution in [3.63, 3.8) is 0 Å². The first-order chi connectivity index (χ1) is 18.7. The number of halogens is 1. The molecule has 4 aromatic carbocycles. The van der Waals surface area contributed by atoms with E-state index < -0.39 is 26.0 Å². The number of benzene rings is 4. The molecule has 0 saturated heterocycles. The average Bonchev–Trinajstić information content (AvgIpc) is 2.88. The van der Waals surface area contributed by atoms with Crippen LogP contribution < -0.4 is 14.8 Å². The summed E-state index contributed by atoms with van der Waals surface area (Å²) in [5.74, 6) is -0.550. The first-order valence-corrected chi connectivity index (χ1v) is 15.5. The van der Waals surface area contributed by atoms with Gasteiger partial charge in [0.15, 0.2) is 0 Å². The summed E-state index contributed by atoms with van der Waals surface area (Å²) in [4.78, 5) is 12.9. The lowest BCUT2D eigenvalue weighted by molar-refractivity contribution is 0.102. The second kappa shape index (κ2) is 11.3. The summed E-state index contributed by atoms with van der Waals surface area (Å²) < 4.78 is 57.0. The number of anilines is 3. The first kappa shape index (κ1) is 29.1. The Hall–Kier alpha value is -3.86. The molecule has 0 aliphatic heterocycles. The van der Waals surface area contributed by atoms with E-state index >= 15 is 0 Å². The smallest absolute Gasteiger partial charge is 0.262 e. The van der Waals surface area contributed by atoms with Crippen molar-refractivity contribution in [2.24, 2.45) is 0 Å². The molecular formula is C29H28ClN3O5S2. The van der Waals surface area contributed by atoms with E-state index in [4.69, 9.17) is 11.6 Å². The fourth-order valence-corrected chi connectivity index (χ4v) is 6.58. The van der Waals surface area contributed by atoms with Gasteiger partial charge in [-0.05, 0) is 99.0 Å². The molecule has 0 saturated carbocycles. The highest BCUT2D eigenvalue weighted by molar-refractivity contribution is 7.93. The number of hydrogen-bond acceptors (Lipinski definition) is 5. The second-order valence-electron chi connectivity index (χ2n) is 9.45. The third-order valence-corrected chi connectivity index (χ3v) is 9.52. The second-order valence-corrected chi connectivity index (χ2v) is 13.2. The Labute approximate surface area is 239 Å². The molecule has 0 aliphatic carbocycles. The highest BCUT2D eigenvalue weighted by Crippen LogP contribution is 2.25. The molecule has 0 spiro atoms. The Morgan fingerprint density at radius 2 is 1.30 bits per heavy atom. The van der Waals surface area contributed by atoms with Crippen molar-refractivity contribution in [1.29, 1.82) is 0 Å². The normalized spacial score (nSPS) is 11.6. The van der Waals surface area contributed by atoms with Crippen molar-refractivity contribution >= 4 is 54.6 Å². The van der Waals surface area contributed by atoms with Crippen LogP contribution in [0.3, 0.4) is 0 Å². The summed E-state index contributed by atoms with van der Waals surface area (Å²) in [6.45, 7) is 7.19. The average molecular weight is 598 g/mol. The van der Waals surface area contributed by atoms with Gasteiger partial charge >= 0.3 is 0 Å². The molecule has 0 bridgehead atoms. The van der Waals surface area contributed by atoms with Gasteiger partial charge in [0.05, 0.1) is 21.2 Å². The van der Waals surface area contributed by atoms with Crippen LogP contribution in [0.15, 0.2) is 88.7 Å². The monoisotopic (exact) mass is 597 g/mol. The fourth-order valence-electron chi connectivity index (χ4n) is 3.95. The standard InChI is InChI=1S/C29H28ClN3O5S2/c1-18-5-14-27(21(4)15-18)33-40(37,38)28-16-22(8-6-20(28)3)29(34)31-23-10-12-25(13-11-23)39(35,36)32-24-9-7-19(2)26(30)17-24/h5-17,32-33H,1-4H3,(H,31,34). The van der Waals surface area contributed by atoms with Gasteiger partial charge in [0.25, 0.3) is 26.0 Å². The lowest BCUT2D eigenvalue weighted by Crippen LogP contribution is -2.17. The van der Waals surface area contributed by atoms with Crippen LogP contribution in [0.4, 0.5) is 17.1 Å². The Kier molecular flexibility index (Phi) is 8.25. The number of hydrogen-bond donors (Lipinski definition) is 3. The van der Waals surface area contributed by atoms with E-state index in [1.807, 2.05) is 32.9 Å². The maximum absolute atomic E-state index is 13.2. The van der Waals surface area contributed by atoms with E-state index in [9.17, 15) is 21.6 Å². The molecule has 40 heavy (non-hydrogen) atoms. The van der Waals surface area contributed by atoms with Crippen LogP contribution in [0.25, 0.3) is 0 Å². The molecule has 0 atom stereocenters. The van der Waals surface area contributed by atoms with E-state index in [0.29, 0.717) is 27.6 Å². The lowest BCUT2D eigenvalue weighted by Gasteiger charge is -2.14. The van der Waals surface area contributed by atoms with Crippen LogP contribution in [-0.2, 0) is 20.0 Å². The third-order valence-electron chi connectivity index (χ3n) is 6.21. The maximum atomic E-state index is 13.2. The van der Waals surface area contributed by atoms with Gasteiger partial charge in [0.1, 0.15) is 0 Å². The van der Waals surface area contributed by atoms with Crippen LogP contribution in [0.2, 0.25) is 5.02 Å². The van der Waals surface area contributed by atoms with E-state index in [-0.39, 0.29) is 15.4 Å². The molecular weight excluding hydrogens is 570 g/mol. The lowest BCUT2D eigenvalue weighted by atomic mass is 10.1. The largest absolute Gasteiger partial charge is 0.322 e. The zero-order valence-electron chi connectivity index (χ0n) is 22.2. The molecule has 0 radical (unpaired) electrons. The van der Waals surface area contributed by atoms with E-state index in [1.54, 1.807) is 31.2 Å². The van der Waals surface area contributed by atoms with Gasteiger partial charge < -0.3 is 5.32 Å². The van der Waals surface area contributed by atoms with Crippen molar-refractivity contribution in [3.05, 3.63) is 112 Å². The third kappa shape index (κ3) is 6.64. The topological polar surface area (TPSA) is 121 Å². The number of carbonyl (C=O) groups excluding carboxylic acids is 1. The fraction of sp³-hybridized carbons (Fsp3) is 0.138. The van der Waals surface area contributed by atoms with Crippen LogP contribution in [0.1, 0.15) is 32.6 Å². The Balaban J connectivity index is 1.50. The zero-order chi connectivity index (χ0) is 29.2. The molecule has 4 rings (SSSR count). The van der Waals surface area contributed by atoms with Gasteiger partial charge in [0.2, 0.25) is 0 Å². The molecule has 0 fully saturated rings. The SMILES string of the molecule is Cc1ccc(NS(=O)(=O)c2cc(C(=O)Nc3ccc(S(=O)(=O)Nc4ccc(C)c(Cl)c4)cc3)ccc2C)c(C)c1. The van der Waals surface area contributed by atoms with Crippen LogP contribution in [-0.4, -0.2) is 22.7 Å². The molecule has 0 heterocycles. The molecule has 0 unspecified atom stereocenters. The Morgan fingerprint density at radius 3 is 1.95 bits per heavy atom. The minimum atomic E-state index is -3.97. The van der Waals surface area contributed by atoms with Gasteiger partial charge in [-0.1, -0.05) is 41.4 Å². The number of amides is 1. The predicted octanol–water partition coefficient (Wildman–Crippen LogP) is 6.43. The molecule has 0 aliphatic rings. The Morgan fingerprint density at radius 1 is 0.650 bits per heavy atom. The predicted molar refractivity (Wildman–Crippen MR) is 159 cm³/mol. The number of rotatable bonds is 8. The number of sulfonamides is 2. The summed E-state index contributed by atoms with van der Waals surface area (Å²) in [5.41, 5.74) is 4.32. The molecule has 11 heteroatoms. The first-order valence-electron chi connectivity index (χ1n) is 12.2. The van der Waals surface area contributed by atoms with Crippen LogP contribution >= 0.6 is 11.6 Å². The van der Waals surface area contributed by atoms with Crippen molar-refractivity contribution in [2.45, 2.75) is 37.5 Å². The van der Waals surface area contributed by atoms with E-state index in [2.05, 4.69) is 14.8 Å². The van der Waals surface area contributed by atoms with Crippen molar-refractivity contribution in [2.75, 3.05) is 14.8 Å². The zero-order valence-corrected chi connectivity index (χ0v) is 24.6. The molecule has 8 nitrogen and oxygen atoms in total. The summed E-state index contributed by atoms with van der Waals surface area (Å²) in [6.07, 6.45) is 0. The Bertz CT molecular complexity index is 1820. The highest BCUT2D eigenvalue weighted by Gasteiger charge is 2.21. The minimum Gasteiger partial charge on any atom is -0.322 e. The molecule has 0 aromatic heterocycles. The van der Waals surface area contributed by atoms with Gasteiger partial charge in [-0.25, -0.2) is 16.8 Å². The van der Waals surface area contributed by atoms with Crippen LogP contribution in [0.5, 0.6) is 0 Å². The number of aryl methyl sites for hydroxylation is 4. The quantitative estimate of drug-likeness (QED) is 0.216. The number of carbonyl (C=O) groups is 1. The maximum Gasteiger partial charge on any atom is 0.262 e. The summed E-state index contributed by atoms with van der Waals surface area (Å²) in [7, 11) is -7.87. The summed E-state index contributed by atoms with van der Waals surface area (Å²) >= 11 is 6.09. The molecule has 208 valence electrons. The van der Waals surface area contributed by atoms with Crippen molar-refractivity contribution < 1.29 is 21.6 Å². The summed E-state index contributed by atoms with van der Waals surface area (Å²) in [5, 5.41) is 3.11. The van der Waals surface area contributed by atoms with Crippen molar-refractivity contribution in [1.82, 2.24) is 0 Å². The van der Waals surface area contributed by atoms with Gasteiger partial charge in [-0.3, -0.25) is 14.2 Å². The van der Waals surface area contributed by atoms with E-state index in [0.717, 1.165) is 16.7 Å². The minimum absolute atomic E-state index is 0.0108. The summed E-state index contributed by atoms with van der Waals surface area (Å²) in [6, 6.07) is 20.2.